The van der Waals surface area contributed by atoms with Gasteiger partial charge < -0.3 is 11.5 Å². The van der Waals surface area contributed by atoms with E-state index in [0.29, 0.717) is 17.7 Å². The van der Waals surface area contributed by atoms with Crippen molar-refractivity contribution in [2.75, 3.05) is 6.54 Å². The maximum absolute atomic E-state index is 6.16. The molecule has 96 valence electrons. The first-order valence-electron chi connectivity index (χ1n) is 6.25. The van der Waals surface area contributed by atoms with Crippen molar-refractivity contribution in [1.29, 1.82) is 0 Å². The van der Waals surface area contributed by atoms with Crippen molar-refractivity contribution in [3.05, 3.63) is 29.8 Å². The van der Waals surface area contributed by atoms with Gasteiger partial charge in [0, 0.05) is 16.2 Å². The predicted molar refractivity (Wildman–Crippen MR) is 77.2 cm³/mol. The first-order valence-corrected chi connectivity index (χ1v) is 7.13. The lowest BCUT2D eigenvalue weighted by Gasteiger charge is -2.16. The molecule has 17 heavy (non-hydrogen) atoms. The van der Waals surface area contributed by atoms with E-state index in [1.165, 1.54) is 10.5 Å². The number of thioether (sulfide) groups is 1. The monoisotopic (exact) mass is 252 g/mol. The van der Waals surface area contributed by atoms with Gasteiger partial charge in [-0.25, -0.2) is 0 Å². The maximum Gasteiger partial charge on any atom is 0.0297 e. The van der Waals surface area contributed by atoms with Gasteiger partial charge in [0.15, 0.2) is 0 Å². The molecule has 2 unspecified atom stereocenters. The summed E-state index contributed by atoms with van der Waals surface area (Å²) in [6.07, 6.45) is 0.952. The van der Waals surface area contributed by atoms with E-state index < -0.39 is 0 Å². The van der Waals surface area contributed by atoms with Crippen LogP contribution in [0.25, 0.3) is 0 Å². The summed E-state index contributed by atoms with van der Waals surface area (Å²) < 4.78 is 0. The Morgan fingerprint density at radius 2 is 1.71 bits per heavy atom. The fourth-order valence-electron chi connectivity index (χ4n) is 1.73. The number of hydrogen-bond donors (Lipinski definition) is 2. The highest BCUT2D eigenvalue weighted by atomic mass is 32.2. The van der Waals surface area contributed by atoms with Crippen LogP contribution in [0.1, 0.15) is 38.8 Å². The van der Waals surface area contributed by atoms with Crippen LogP contribution in [-0.2, 0) is 0 Å². The molecular weight excluding hydrogens is 228 g/mol. The molecule has 2 atom stereocenters. The number of nitrogens with two attached hydrogens (primary N) is 2. The third-order valence-corrected chi connectivity index (χ3v) is 3.75. The second-order valence-corrected chi connectivity index (χ2v) is 6.57. The molecule has 1 aromatic rings. The van der Waals surface area contributed by atoms with Crippen LogP contribution < -0.4 is 11.5 Å². The lowest BCUT2D eigenvalue weighted by Crippen LogP contribution is -2.19. The molecule has 0 bridgehead atoms. The molecular formula is C14H24N2S. The quantitative estimate of drug-likeness (QED) is 0.765. The van der Waals surface area contributed by atoms with Crippen LogP contribution in [0.15, 0.2) is 29.2 Å². The van der Waals surface area contributed by atoms with Gasteiger partial charge in [-0.15, -0.1) is 11.8 Å². The summed E-state index contributed by atoms with van der Waals surface area (Å²) >= 11 is 1.88. The molecule has 0 aliphatic carbocycles. The fraction of sp³-hybridized carbons (Fsp3) is 0.571. The lowest BCUT2D eigenvalue weighted by atomic mass is 9.97. The Morgan fingerprint density at radius 1 is 1.12 bits per heavy atom. The average molecular weight is 252 g/mol. The molecule has 0 saturated carbocycles. The number of benzene rings is 1. The smallest absolute Gasteiger partial charge is 0.0297 e. The van der Waals surface area contributed by atoms with E-state index in [-0.39, 0.29) is 6.04 Å². The minimum absolute atomic E-state index is 0.103. The van der Waals surface area contributed by atoms with Gasteiger partial charge in [-0.3, -0.25) is 0 Å². The normalized spacial score (nSPS) is 14.9. The molecule has 2 nitrogen and oxygen atoms in total. The van der Waals surface area contributed by atoms with Crippen LogP contribution in [0, 0.1) is 5.92 Å². The molecule has 3 heteroatoms. The molecule has 0 aliphatic rings. The minimum Gasteiger partial charge on any atom is -0.330 e. The summed E-state index contributed by atoms with van der Waals surface area (Å²) in [6, 6.07) is 8.70. The molecule has 4 N–H and O–H groups in total. The molecule has 0 aromatic heterocycles. The zero-order chi connectivity index (χ0) is 12.8. The van der Waals surface area contributed by atoms with Crippen molar-refractivity contribution >= 4 is 11.8 Å². The Hall–Kier alpha value is -0.510. The lowest BCUT2D eigenvalue weighted by molar-refractivity contribution is 0.482. The van der Waals surface area contributed by atoms with Crippen LogP contribution in [0.2, 0.25) is 0 Å². The van der Waals surface area contributed by atoms with Crippen LogP contribution in [0.3, 0.4) is 0 Å². The summed E-state index contributed by atoms with van der Waals surface area (Å²) in [7, 11) is 0. The summed E-state index contributed by atoms with van der Waals surface area (Å²) in [5, 5.41) is 0.617. The van der Waals surface area contributed by atoms with E-state index in [9.17, 15) is 0 Å². The van der Waals surface area contributed by atoms with Gasteiger partial charge >= 0.3 is 0 Å². The van der Waals surface area contributed by atoms with Gasteiger partial charge in [0.05, 0.1) is 0 Å². The minimum atomic E-state index is 0.103. The van der Waals surface area contributed by atoms with Crippen LogP contribution in [0.5, 0.6) is 0 Å². The van der Waals surface area contributed by atoms with Gasteiger partial charge in [0.2, 0.25) is 0 Å². The fourth-order valence-corrected chi connectivity index (χ4v) is 2.57. The van der Waals surface area contributed by atoms with E-state index >= 15 is 0 Å². The topological polar surface area (TPSA) is 52.0 Å². The zero-order valence-corrected chi connectivity index (χ0v) is 11.8. The van der Waals surface area contributed by atoms with Gasteiger partial charge in [0.25, 0.3) is 0 Å². The first kappa shape index (κ1) is 14.6. The highest BCUT2D eigenvalue weighted by Gasteiger charge is 2.10. The third kappa shape index (κ3) is 5.11. The first-order chi connectivity index (χ1) is 8.02. The molecule has 0 saturated heterocycles. The van der Waals surface area contributed by atoms with Crippen LogP contribution in [-0.4, -0.2) is 11.8 Å². The number of hydrogen-bond acceptors (Lipinski definition) is 3. The maximum atomic E-state index is 6.16. The van der Waals surface area contributed by atoms with Crippen LogP contribution >= 0.6 is 11.8 Å². The summed E-state index contributed by atoms with van der Waals surface area (Å²) in [4.78, 5) is 1.31. The molecule has 0 radical (unpaired) electrons. The second kappa shape index (κ2) is 7.04. The second-order valence-electron chi connectivity index (χ2n) is 4.92. The molecule has 1 aromatic carbocycles. The molecule has 0 amide bonds. The standard InChI is InChI=1S/C14H24N2S/c1-10(2)17-13-6-4-12(5-7-13)14(16)8-11(3)9-15/h4-7,10-11,14H,8-9,15-16H2,1-3H3. The van der Waals surface area contributed by atoms with E-state index in [0.717, 1.165) is 6.42 Å². The van der Waals surface area contributed by atoms with Gasteiger partial charge in [-0.05, 0) is 36.6 Å². The van der Waals surface area contributed by atoms with E-state index in [1.54, 1.807) is 0 Å². The van der Waals surface area contributed by atoms with Gasteiger partial charge in [-0.2, -0.15) is 0 Å². The molecule has 0 fully saturated rings. The molecule has 0 heterocycles. The Bertz CT molecular complexity index is 321. The van der Waals surface area contributed by atoms with E-state index in [4.69, 9.17) is 11.5 Å². The predicted octanol–water partition coefficient (Wildman–Crippen LogP) is 3.17. The Morgan fingerprint density at radius 3 is 2.18 bits per heavy atom. The van der Waals surface area contributed by atoms with Crippen molar-refractivity contribution in [1.82, 2.24) is 0 Å². The van der Waals surface area contributed by atoms with Gasteiger partial charge in [-0.1, -0.05) is 32.9 Å². The summed E-state index contributed by atoms with van der Waals surface area (Å²) in [6.45, 7) is 7.25. The summed E-state index contributed by atoms with van der Waals surface area (Å²) in [5.41, 5.74) is 13.0. The van der Waals surface area contributed by atoms with E-state index in [2.05, 4.69) is 45.0 Å². The van der Waals surface area contributed by atoms with Gasteiger partial charge in [0.1, 0.15) is 0 Å². The SMILES string of the molecule is CC(CN)CC(N)c1ccc(SC(C)C)cc1. The Labute approximate surface area is 109 Å². The highest BCUT2D eigenvalue weighted by Crippen LogP contribution is 2.25. The Kier molecular flexibility index (Phi) is 6.03. The molecule has 0 aliphatic heterocycles. The van der Waals surface area contributed by atoms with Crippen molar-refractivity contribution < 1.29 is 0 Å². The van der Waals surface area contributed by atoms with Crippen molar-refractivity contribution in [3.8, 4) is 0 Å². The van der Waals surface area contributed by atoms with Crippen molar-refractivity contribution in [2.45, 2.75) is 43.4 Å². The van der Waals surface area contributed by atoms with E-state index in [1.807, 2.05) is 11.8 Å². The van der Waals surface area contributed by atoms with Crippen molar-refractivity contribution in [3.63, 3.8) is 0 Å². The molecule has 1 rings (SSSR count). The zero-order valence-electron chi connectivity index (χ0n) is 11.0. The van der Waals surface area contributed by atoms with Crippen molar-refractivity contribution in [2.24, 2.45) is 17.4 Å². The molecule has 0 spiro atoms. The third-order valence-electron chi connectivity index (χ3n) is 2.74. The Balaban J connectivity index is 2.60. The number of rotatable bonds is 6. The highest BCUT2D eigenvalue weighted by molar-refractivity contribution is 7.99. The largest absolute Gasteiger partial charge is 0.330 e. The van der Waals surface area contributed by atoms with Crippen LogP contribution in [0.4, 0.5) is 0 Å². The summed E-state index contributed by atoms with van der Waals surface area (Å²) in [5.74, 6) is 0.481. The average Bonchev–Trinajstić information content (AvgIpc) is 2.28.